The summed E-state index contributed by atoms with van der Waals surface area (Å²) < 4.78 is 5.50. The third-order valence-electron chi connectivity index (χ3n) is 4.40. The van der Waals surface area contributed by atoms with E-state index in [1.165, 1.54) is 0 Å². The van der Waals surface area contributed by atoms with Crippen molar-refractivity contribution in [2.24, 2.45) is 0 Å². The van der Waals surface area contributed by atoms with E-state index >= 15 is 0 Å². The average Bonchev–Trinajstić information content (AvgIpc) is 3.02. The zero-order valence-electron chi connectivity index (χ0n) is 12.9. The van der Waals surface area contributed by atoms with Crippen molar-refractivity contribution in [3.05, 3.63) is 29.3 Å². The predicted octanol–water partition coefficient (Wildman–Crippen LogP) is 1.43. The highest BCUT2D eigenvalue weighted by atomic mass is 16.5. The molecule has 1 aromatic carbocycles. The summed E-state index contributed by atoms with van der Waals surface area (Å²) in [5.41, 5.74) is 3.10. The van der Waals surface area contributed by atoms with Crippen LogP contribution in [0.4, 0.5) is 5.69 Å². The van der Waals surface area contributed by atoms with E-state index in [0.717, 1.165) is 42.7 Å². The van der Waals surface area contributed by atoms with Crippen LogP contribution < -0.4 is 10.2 Å². The Morgan fingerprint density at radius 3 is 3.05 bits per heavy atom. The van der Waals surface area contributed by atoms with E-state index < -0.39 is 0 Å². The lowest BCUT2D eigenvalue weighted by molar-refractivity contribution is -0.121. The number of carbonyl (C=O) groups is 2. The van der Waals surface area contributed by atoms with Gasteiger partial charge in [0.2, 0.25) is 11.8 Å². The lowest BCUT2D eigenvalue weighted by Crippen LogP contribution is -2.33. The van der Waals surface area contributed by atoms with Crippen LogP contribution in [-0.2, 0) is 27.2 Å². The van der Waals surface area contributed by atoms with Crippen molar-refractivity contribution in [1.82, 2.24) is 5.32 Å². The second kappa shape index (κ2) is 6.48. The third kappa shape index (κ3) is 3.30. The minimum atomic E-state index is 0.0238. The lowest BCUT2D eigenvalue weighted by atomic mass is 9.98. The van der Waals surface area contributed by atoms with Crippen LogP contribution in [0.25, 0.3) is 0 Å². The van der Waals surface area contributed by atoms with E-state index in [1.54, 1.807) is 11.9 Å². The number of aryl methyl sites for hydroxylation is 1. The molecule has 0 radical (unpaired) electrons. The maximum atomic E-state index is 12.0. The number of benzene rings is 1. The molecule has 22 heavy (non-hydrogen) atoms. The number of nitrogens with one attached hydrogen (secondary N) is 1. The molecule has 0 aromatic heterocycles. The van der Waals surface area contributed by atoms with Gasteiger partial charge in [0.15, 0.2) is 0 Å². The maximum Gasteiger partial charge on any atom is 0.227 e. The largest absolute Gasteiger partial charge is 0.376 e. The topological polar surface area (TPSA) is 58.6 Å². The van der Waals surface area contributed by atoms with Crippen LogP contribution in [0.5, 0.6) is 0 Å². The van der Waals surface area contributed by atoms with Gasteiger partial charge in [-0.2, -0.15) is 0 Å². The fraction of sp³-hybridized carbons (Fsp3) is 0.529. The molecule has 1 saturated heterocycles. The van der Waals surface area contributed by atoms with Gasteiger partial charge in [-0.05, 0) is 36.5 Å². The number of rotatable bonds is 4. The van der Waals surface area contributed by atoms with E-state index in [2.05, 4.69) is 5.32 Å². The SMILES string of the molecule is CN1C(=O)CCc2cc(CC(=O)NCC3CCCO3)ccc21. The van der Waals surface area contributed by atoms with Crippen molar-refractivity contribution in [1.29, 1.82) is 0 Å². The summed E-state index contributed by atoms with van der Waals surface area (Å²) in [4.78, 5) is 25.4. The highest BCUT2D eigenvalue weighted by molar-refractivity contribution is 5.96. The Labute approximate surface area is 130 Å². The van der Waals surface area contributed by atoms with E-state index in [0.29, 0.717) is 19.4 Å². The molecule has 1 N–H and O–H groups in total. The van der Waals surface area contributed by atoms with Gasteiger partial charge < -0.3 is 15.0 Å². The summed E-state index contributed by atoms with van der Waals surface area (Å²) in [5.74, 6) is 0.172. The smallest absolute Gasteiger partial charge is 0.227 e. The van der Waals surface area contributed by atoms with Gasteiger partial charge in [-0.3, -0.25) is 9.59 Å². The Kier molecular flexibility index (Phi) is 4.43. The number of hydrogen-bond acceptors (Lipinski definition) is 3. The van der Waals surface area contributed by atoms with Gasteiger partial charge in [-0.15, -0.1) is 0 Å². The number of fused-ring (bicyclic) bond motifs is 1. The van der Waals surface area contributed by atoms with Crippen LogP contribution in [0, 0.1) is 0 Å². The molecule has 0 spiro atoms. The average molecular weight is 302 g/mol. The quantitative estimate of drug-likeness (QED) is 0.915. The van der Waals surface area contributed by atoms with Crippen molar-refractivity contribution >= 4 is 17.5 Å². The minimum Gasteiger partial charge on any atom is -0.376 e. The van der Waals surface area contributed by atoms with Gasteiger partial charge >= 0.3 is 0 Å². The van der Waals surface area contributed by atoms with E-state index in [4.69, 9.17) is 4.74 Å². The van der Waals surface area contributed by atoms with Crippen LogP contribution >= 0.6 is 0 Å². The molecule has 3 rings (SSSR count). The number of hydrogen-bond donors (Lipinski definition) is 1. The van der Waals surface area contributed by atoms with Gasteiger partial charge in [0.25, 0.3) is 0 Å². The van der Waals surface area contributed by atoms with Crippen LogP contribution in [0.15, 0.2) is 18.2 Å². The summed E-state index contributed by atoms with van der Waals surface area (Å²) >= 11 is 0. The van der Waals surface area contributed by atoms with Crippen molar-refractivity contribution in [2.45, 2.75) is 38.2 Å². The van der Waals surface area contributed by atoms with Crippen LogP contribution in [-0.4, -0.2) is 38.1 Å². The Hall–Kier alpha value is -1.88. The van der Waals surface area contributed by atoms with Crippen LogP contribution in [0.3, 0.4) is 0 Å². The summed E-state index contributed by atoms with van der Waals surface area (Å²) in [6.45, 7) is 1.40. The summed E-state index contributed by atoms with van der Waals surface area (Å²) in [7, 11) is 1.80. The normalized spacial score (nSPS) is 20.9. The first-order valence-electron chi connectivity index (χ1n) is 7.90. The Morgan fingerprint density at radius 1 is 1.41 bits per heavy atom. The highest BCUT2D eigenvalue weighted by Crippen LogP contribution is 2.27. The minimum absolute atomic E-state index is 0.0238. The molecule has 1 fully saturated rings. The highest BCUT2D eigenvalue weighted by Gasteiger charge is 2.21. The Bertz CT molecular complexity index is 579. The van der Waals surface area contributed by atoms with Gasteiger partial charge in [0.05, 0.1) is 12.5 Å². The first kappa shape index (κ1) is 15.0. The van der Waals surface area contributed by atoms with Crippen LogP contribution in [0.2, 0.25) is 0 Å². The fourth-order valence-corrected chi connectivity index (χ4v) is 3.10. The monoisotopic (exact) mass is 302 g/mol. The number of carbonyl (C=O) groups excluding carboxylic acids is 2. The number of nitrogens with zero attached hydrogens (tertiary/aromatic N) is 1. The van der Waals surface area contributed by atoms with Crippen LogP contribution in [0.1, 0.15) is 30.4 Å². The molecule has 1 atom stereocenters. The Morgan fingerprint density at radius 2 is 2.27 bits per heavy atom. The predicted molar refractivity (Wildman–Crippen MR) is 83.9 cm³/mol. The molecule has 0 saturated carbocycles. The van der Waals surface area contributed by atoms with Crippen molar-refractivity contribution in [3.63, 3.8) is 0 Å². The molecule has 2 amide bonds. The number of anilines is 1. The fourth-order valence-electron chi connectivity index (χ4n) is 3.10. The molecule has 1 unspecified atom stereocenters. The van der Waals surface area contributed by atoms with E-state index in [-0.39, 0.29) is 17.9 Å². The second-order valence-corrected chi connectivity index (χ2v) is 6.03. The third-order valence-corrected chi connectivity index (χ3v) is 4.40. The molecule has 2 aliphatic rings. The standard InChI is InChI=1S/C17H22N2O3/c1-19-15-6-4-12(9-13(15)5-7-17(19)21)10-16(20)18-11-14-3-2-8-22-14/h4,6,9,14H,2-3,5,7-8,10-11H2,1H3,(H,18,20). The summed E-state index contributed by atoms with van der Waals surface area (Å²) in [6, 6.07) is 5.92. The molecular formula is C17H22N2O3. The number of amides is 2. The van der Waals surface area contributed by atoms with Gasteiger partial charge in [-0.1, -0.05) is 12.1 Å². The maximum absolute atomic E-state index is 12.0. The molecule has 2 aliphatic heterocycles. The summed E-state index contributed by atoms with van der Waals surface area (Å²) in [5, 5.41) is 2.94. The van der Waals surface area contributed by atoms with E-state index in [1.807, 2.05) is 18.2 Å². The Balaban J connectivity index is 1.58. The molecule has 0 aliphatic carbocycles. The molecule has 118 valence electrons. The zero-order valence-corrected chi connectivity index (χ0v) is 12.9. The van der Waals surface area contributed by atoms with Crippen molar-refractivity contribution < 1.29 is 14.3 Å². The zero-order chi connectivity index (χ0) is 15.5. The van der Waals surface area contributed by atoms with Gasteiger partial charge in [0, 0.05) is 32.3 Å². The first-order chi connectivity index (χ1) is 10.6. The second-order valence-electron chi connectivity index (χ2n) is 6.03. The van der Waals surface area contributed by atoms with Crippen molar-refractivity contribution in [3.8, 4) is 0 Å². The molecular weight excluding hydrogens is 280 g/mol. The first-order valence-corrected chi connectivity index (χ1v) is 7.90. The van der Waals surface area contributed by atoms with Crippen molar-refractivity contribution in [2.75, 3.05) is 25.1 Å². The van der Waals surface area contributed by atoms with Gasteiger partial charge in [-0.25, -0.2) is 0 Å². The summed E-state index contributed by atoms with van der Waals surface area (Å²) in [6.07, 6.45) is 3.95. The molecule has 0 bridgehead atoms. The molecule has 5 heteroatoms. The lowest BCUT2D eigenvalue weighted by Gasteiger charge is -2.26. The van der Waals surface area contributed by atoms with Gasteiger partial charge in [0.1, 0.15) is 0 Å². The molecule has 1 aromatic rings. The molecule has 2 heterocycles. The molecule has 5 nitrogen and oxygen atoms in total. The van der Waals surface area contributed by atoms with E-state index in [9.17, 15) is 9.59 Å². The number of ether oxygens (including phenoxy) is 1.